The van der Waals surface area contributed by atoms with Gasteiger partial charge in [-0.25, -0.2) is 5.01 Å². The van der Waals surface area contributed by atoms with Gasteiger partial charge in [0.05, 0.1) is 19.1 Å². The average Bonchev–Trinajstić information content (AvgIpc) is 2.88. The smallest absolute Gasteiger partial charge is 0.276 e. The summed E-state index contributed by atoms with van der Waals surface area (Å²) in [6.07, 6.45) is -0.523. The fourth-order valence-electron chi connectivity index (χ4n) is 4.07. The largest absolute Gasteiger partial charge is 0.493 e. The van der Waals surface area contributed by atoms with Gasteiger partial charge >= 0.3 is 0 Å². The molecule has 0 fully saturated rings. The van der Waals surface area contributed by atoms with Crippen molar-refractivity contribution in [2.45, 2.75) is 25.8 Å². The predicted octanol–water partition coefficient (Wildman–Crippen LogP) is 3.48. The first kappa shape index (κ1) is 23.0. The molecular weight excluding hydrogens is 460 g/mol. The normalized spacial score (nSPS) is 16.5. The number of para-hydroxylation sites is 1. The number of hydrogen-bond acceptors (Lipinski definition) is 7. The molecule has 35 heavy (non-hydrogen) atoms. The molecule has 2 heterocycles. The van der Waals surface area contributed by atoms with Crippen LogP contribution < -0.4 is 25.4 Å². The molecule has 3 aromatic rings. The fraction of sp³-hybridized carbons (Fsp3) is 0.222. The molecule has 178 valence electrons. The molecule has 1 atom stereocenters. The van der Waals surface area contributed by atoms with E-state index < -0.39 is 6.17 Å². The number of hydrogen-bond donors (Lipinski definition) is 1. The maximum Gasteiger partial charge on any atom is 0.276 e. The van der Waals surface area contributed by atoms with E-state index in [0.717, 1.165) is 21.7 Å². The lowest BCUT2D eigenvalue weighted by Crippen LogP contribution is -2.50. The van der Waals surface area contributed by atoms with Gasteiger partial charge in [-0.1, -0.05) is 65.9 Å². The van der Waals surface area contributed by atoms with E-state index in [2.05, 4.69) is 36.5 Å². The van der Waals surface area contributed by atoms with Gasteiger partial charge in [-0.05, 0) is 37.6 Å². The molecule has 0 unspecified atom stereocenters. The van der Waals surface area contributed by atoms with Gasteiger partial charge in [-0.15, -0.1) is 5.10 Å². The summed E-state index contributed by atoms with van der Waals surface area (Å²) in [5.41, 5.74) is 3.70. The number of ether oxygens (including phenoxy) is 2. The summed E-state index contributed by atoms with van der Waals surface area (Å²) >= 11 is 1.49. The van der Waals surface area contributed by atoms with E-state index in [9.17, 15) is 4.79 Å². The summed E-state index contributed by atoms with van der Waals surface area (Å²) in [6.45, 7) is 4.53. The van der Waals surface area contributed by atoms with Crippen molar-refractivity contribution >= 4 is 28.5 Å². The molecule has 2 aliphatic heterocycles. The zero-order valence-electron chi connectivity index (χ0n) is 19.8. The lowest BCUT2D eigenvalue weighted by atomic mass is 10.1. The number of hydrazone groups is 1. The molecule has 0 saturated heterocycles. The topological polar surface area (TPSA) is 75.5 Å². The van der Waals surface area contributed by atoms with Crippen LogP contribution in [0.15, 0.2) is 76.8 Å². The van der Waals surface area contributed by atoms with E-state index in [-0.39, 0.29) is 5.91 Å². The average molecular weight is 487 g/mol. The predicted molar refractivity (Wildman–Crippen MR) is 137 cm³/mol. The summed E-state index contributed by atoms with van der Waals surface area (Å²) in [4.78, 5) is 18.3. The highest BCUT2D eigenvalue weighted by Crippen LogP contribution is 2.36. The first-order valence-corrected chi connectivity index (χ1v) is 12.4. The molecule has 0 saturated carbocycles. The molecule has 7 nitrogen and oxygen atoms in total. The number of fused-ring (bicyclic) bond motifs is 2. The van der Waals surface area contributed by atoms with Gasteiger partial charge in [0, 0.05) is 16.5 Å². The van der Waals surface area contributed by atoms with Crippen molar-refractivity contribution in [2.24, 2.45) is 10.1 Å². The Hall–Kier alpha value is -3.78. The van der Waals surface area contributed by atoms with Crippen LogP contribution in [-0.4, -0.2) is 29.8 Å². The van der Waals surface area contributed by atoms with E-state index in [4.69, 9.17) is 19.6 Å². The quantitative estimate of drug-likeness (QED) is 0.578. The molecule has 0 aromatic heterocycles. The lowest BCUT2D eigenvalue weighted by Gasteiger charge is -2.34. The van der Waals surface area contributed by atoms with Crippen molar-refractivity contribution in [3.05, 3.63) is 94.0 Å². The minimum absolute atomic E-state index is 0.198. The number of methoxy groups -OCH3 is 1. The second kappa shape index (κ2) is 9.84. The highest BCUT2D eigenvalue weighted by molar-refractivity contribution is 8.13. The number of carbonyl (C=O) groups excluding carboxylic acids is 1. The van der Waals surface area contributed by atoms with Crippen LogP contribution >= 0.6 is 11.8 Å². The van der Waals surface area contributed by atoms with E-state index in [1.54, 1.807) is 12.1 Å². The van der Waals surface area contributed by atoms with Crippen molar-refractivity contribution in [3.8, 4) is 11.5 Å². The number of carbonyl (C=O) groups is 1. The Labute approximate surface area is 208 Å². The Balaban J connectivity index is 1.55. The number of nitrogens with zero attached hydrogens (tertiary/aromatic N) is 3. The highest BCUT2D eigenvalue weighted by atomic mass is 32.2. The number of amides is 1. The number of rotatable bonds is 6. The Morgan fingerprint density at radius 2 is 1.86 bits per heavy atom. The first-order chi connectivity index (χ1) is 17.1. The van der Waals surface area contributed by atoms with E-state index in [1.807, 2.05) is 49.4 Å². The van der Waals surface area contributed by atoms with E-state index >= 15 is 0 Å². The van der Waals surface area contributed by atoms with Gasteiger partial charge in [-0.2, -0.15) is 0 Å². The summed E-state index contributed by atoms with van der Waals surface area (Å²) in [5.74, 6) is 1.77. The van der Waals surface area contributed by atoms with Crippen LogP contribution in [0, 0.1) is 6.92 Å². The monoisotopic (exact) mass is 486 g/mol. The van der Waals surface area contributed by atoms with Crippen molar-refractivity contribution in [3.63, 3.8) is 0 Å². The van der Waals surface area contributed by atoms with Crippen LogP contribution in [0.4, 0.5) is 0 Å². The molecule has 0 aliphatic carbocycles. The summed E-state index contributed by atoms with van der Waals surface area (Å²) in [5, 5.41) is 11.6. The molecule has 2 aliphatic rings. The molecule has 8 heteroatoms. The van der Waals surface area contributed by atoms with Crippen LogP contribution in [0.3, 0.4) is 0 Å². The third-order valence-corrected chi connectivity index (χ3v) is 6.73. The highest BCUT2D eigenvalue weighted by Gasteiger charge is 2.34. The Bertz CT molecular complexity index is 1420. The Morgan fingerprint density at radius 3 is 2.63 bits per heavy atom. The Kier molecular flexibility index (Phi) is 6.46. The zero-order valence-corrected chi connectivity index (χ0v) is 20.6. The SMILES string of the molecule is CCOc1ccc([C@H]2N=c3ccccc3=C3C(=O)NC(SCc4ccc(C)cc4)=NN32)cc1OC. The fourth-order valence-corrected chi connectivity index (χ4v) is 4.87. The van der Waals surface area contributed by atoms with Gasteiger partial charge in [-0.3, -0.25) is 15.1 Å². The molecule has 0 bridgehead atoms. The summed E-state index contributed by atoms with van der Waals surface area (Å²) < 4.78 is 11.2. The molecule has 1 N–H and O–H groups in total. The molecule has 0 spiro atoms. The maximum absolute atomic E-state index is 13.3. The van der Waals surface area contributed by atoms with Crippen molar-refractivity contribution in [1.29, 1.82) is 0 Å². The van der Waals surface area contributed by atoms with Gasteiger partial charge < -0.3 is 9.47 Å². The first-order valence-electron chi connectivity index (χ1n) is 11.4. The molecule has 3 aromatic carbocycles. The second-order valence-corrected chi connectivity index (χ2v) is 9.15. The third kappa shape index (κ3) is 4.61. The lowest BCUT2D eigenvalue weighted by molar-refractivity contribution is -0.116. The number of thioether (sulfide) groups is 1. The minimum Gasteiger partial charge on any atom is -0.493 e. The van der Waals surface area contributed by atoms with E-state index in [0.29, 0.717) is 34.7 Å². The van der Waals surface area contributed by atoms with Gasteiger partial charge in [0.1, 0.15) is 5.70 Å². The van der Waals surface area contributed by atoms with Crippen LogP contribution in [-0.2, 0) is 10.5 Å². The van der Waals surface area contributed by atoms with Crippen molar-refractivity contribution in [1.82, 2.24) is 10.3 Å². The van der Waals surface area contributed by atoms with Crippen molar-refractivity contribution in [2.75, 3.05) is 13.7 Å². The molecule has 5 rings (SSSR count). The van der Waals surface area contributed by atoms with Gasteiger partial charge in [0.2, 0.25) is 0 Å². The zero-order chi connectivity index (χ0) is 24.4. The number of nitrogens with one attached hydrogen (secondary N) is 1. The number of benzene rings is 3. The molecule has 1 amide bonds. The third-order valence-electron chi connectivity index (χ3n) is 5.80. The second-order valence-electron chi connectivity index (χ2n) is 8.19. The Morgan fingerprint density at radius 1 is 1.06 bits per heavy atom. The van der Waals surface area contributed by atoms with Gasteiger partial charge in [0.25, 0.3) is 5.91 Å². The summed E-state index contributed by atoms with van der Waals surface area (Å²) in [7, 11) is 1.61. The van der Waals surface area contributed by atoms with Crippen LogP contribution in [0.1, 0.15) is 29.8 Å². The minimum atomic E-state index is -0.523. The number of aryl methyl sites for hydroxylation is 1. The van der Waals surface area contributed by atoms with Crippen LogP contribution in [0.5, 0.6) is 11.5 Å². The van der Waals surface area contributed by atoms with Gasteiger partial charge in [0.15, 0.2) is 22.8 Å². The number of amidine groups is 1. The standard InChI is InChI=1S/C27H26N4O3S/c1-4-34-22-14-13-19(15-23(22)33-3)25-28-21-8-6-5-7-20(21)24-26(32)29-27(30-31(24)25)35-16-18-11-9-17(2)10-12-18/h5-15,25H,4,16H2,1-3H3,(H,29,30,32)/t25-/m0/s1. The summed E-state index contributed by atoms with van der Waals surface area (Å²) in [6, 6.07) is 21.7. The molecule has 0 radical (unpaired) electrons. The molecular formula is C27H26N4O3S. The van der Waals surface area contributed by atoms with Crippen LogP contribution in [0.2, 0.25) is 0 Å². The van der Waals surface area contributed by atoms with E-state index in [1.165, 1.54) is 17.3 Å². The van der Waals surface area contributed by atoms with Crippen molar-refractivity contribution < 1.29 is 14.3 Å². The van der Waals surface area contributed by atoms with Crippen LogP contribution in [0.25, 0.3) is 5.70 Å². The maximum atomic E-state index is 13.3.